The first-order valence-corrected chi connectivity index (χ1v) is 8.15. The van der Waals surface area contributed by atoms with Crippen molar-refractivity contribution in [1.29, 1.82) is 0 Å². The maximum Gasteiger partial charge on any atom is 0.235 e. The van der Waals surface area contributed by atoms with E-state index < -0.39 is 5.41 Å². The lowest BCUT2D eigenvalue weighted by molar-refractivity contribution is -0.142. The van der Waals surface area contributed by atoms with Crippen molar-refractivity contribution >= 4 is 23.1 Å². The summed E-state index contributed by atoms with van der Waals surface area (Å²) in [7, 11) is 0. The van der Waals surface area contributed by atoms with Crippen LogP contribution in [0.15, 0.2) is 0 Å². The molecule has 2 rings (SSSR count). The minimum atomic E-state index is -0.631. The number of hydrogen-bond acceptors (Lipinski definition) is 3. The van der Waals surface area contributed by atoms with Crippen molar-refractivity contribution in [3.05, 3.63) is 0 Å². The zero-order chi connectivity index (χ0) is 14.8. The number of amides is 1. The summed E-state index contributed by atoms with van der Waals surface area (Å²) in [4.78, 5) is 15.2. The number of rotatable bonds is 2. The fourth-order valence-electron chi connectivity index (χ4n) is 3.52. The Morgan fingerprint density at radius 3 is 2.40 bits per heavy atom. The molecule has 0 radical (unpaired) electrons. The maximum atomic E-state index is 13.0. The highest BCUT2D eigenvalue weighted by atomic mass is 32.1. The number of aliphatic hydroxyl groups excluding tert-OH is 1. The molecule has 1 aliphatic carbocycles. The van der Waals surface area contributed by atoms with Crippen molar-refractivity contribution < 1.29 is 9.90 Å². The lowest BCUT2D eigenvalue weighted by Gasteiger charge is -2.40. The van der Waals surface area contributed by atoms with Crippen LogP contribution in [-0.2, 0) is 4.79 Å². The second-order valence-corrected chi connectivity index (χ2v) is 6.88. The van der Waals surface area contributed by atoms with Crippen molar-refractivity contribution in [2.75, 3.05) is 13.1 Å². The highest BCUT2D eigenvalue weighted by Gasteiger charge is 2.45. The van der Waals surface area contributed by atoms with Gasteiger partial charge in [-0.2, -0.15) is 0 Å². The normalized spacial score (nSPS) is 30.6. The van der Waals surface area contributed by atoms with Crippen molar-refractivity contribution in [3.8, 4) is 0 Å². The predicted octanol–water partition coefficient (Wildman–Crippen LogP) is 1.84. The standard InChI is InChI=1S/C15H26N2O2S/c1-11-10-17(9-6-12(11)18)14(19)15(13(16)20)7-4-2-3-5-8-15/h11-12,18H,2-10H2,1H3,(H2,16,20). The van der Waals surface area contributed by atoms with E-state index in [0.29, 0.717) is 24.5 Å². The minimum absolute atomic E-state index is 0.102. The third-order valence-corrected chi connectivity index (χ3v) is 5.38. The van der Waals surface area contributed by atoms with Crippen LogP contribution in [-0.4, -0.2) is 40.1 Å². The van der Waals surface area contributed by atoms with Crippen LogP contribution in [0.5, 0.6) is 0 Å². The summed E-state index contributed by atoms with van der Waals surface area (Å²) < 4.78 is 0. The van der Waals surface area contributed by atoms with E-state index in [1.165, 1.54) is 0 Å². The third-order valence-electron chi connectivity index (χ3n) is 4.99. The predicted molar refractivity (Wildman–Crippen MR) is 83.3 cm³/mol. The fourth-order valence-corrected chi connectivity index (χ4v) is 3.81. The molecule has 4 nitrogen and oxygen atoms in total. The number of nitrogens with two attached hydrogens (primary N) is 1. The largest absolute Gasteiger partial charge is 0.393 e. The molecule has 0 aromatic carbocycles. The van der Waals surface area contributed by atoms with Gasteiger partial charge in [-0.1, -0.05) is 44.8 Å². The van der Waals surface area contributed by atoms with E-state index in [1.807, 2.05) is 11.8 Å². The molecular weight excluding hydrogens is 272 g/mol. The lowest BCUT2D eigenvalue weighted by Crippen LogP contribution is -2.54. The van der Waals surface area contributed by atoms with Crippen LogP contribution in [0.2, 0.25) is 0 Å². The average molecular weight is 298 g/mol. The zero-order valence-corrected chi connectivity index (χ0v) is 13.1. The molecule has 2 unspecified atom stereocenters. The third kappa shape index (κ3) is 2.98. The number of carbonyl (C=O) groups is 1. The van der Waals surface area contributed by atoms with Gasteiger partial charge >= 0.3 is 0 Å². The molecule has 1 saturated heterocycles. The molecule has 1 heterocycles. The molecule has 20 heavy (non-hydrogen) atoms. The van der Waals surface area contributed by atoms with E-state index in [9.17, 15) is 9.90 Å². The van der Waals surface area contributed by atoms with Crippen molar-refractivity contribution in [3.63, 3.8) is 0 Å². The molecule has 1 aliphatic heterocycles. The van der Waals surface area contributed by atoms with Crippen LogP contribution in [0.25, 0.3) is 0 Å². The van der Waals surface area contributed by atoms with E-state index in [4.69, 9.17) is 18.0 Å². The highest BCUT2D eigenvalue weighted by molar-refractivity contribution is 7.80. The molecule has 0 bridgehead atoms. The van der Waals surface area contributed by atoms with E-state index in [2.05, 4.69) is 0 Å². The van der Waals surface area contributed by atoms with Gasteiger partial charge in [-0.25, -0.2) is 0 Å². The van der Waals surface area contributed by atoms with E-state index >= 15 is 0 Å². The van der Waals surface area contributed by atoms with Crippen LogP contribution < -0.4 is 5.73 Å². The van der Waals surface area contributed by atoms with Gasteiger partial charge in [0.25, 0.3) is 0 Å². The molecule has 0 aromatic rings. The lowest BCUT2D eigenvalue weighted by atomic mass is 9.78. The molecule has 1 saturated carbocycles. The Balaban J connectivity index is 2.16. The van der Waals surface area contributed by atoms with Crippen LogP contribution in [0.4, 0.5) is 0 Å². The Bertz CT molecular complexity index is 378. The van der Waals surface area contributed by atoms with Gasteiger partial charge in [0.2, 0.25) is 5.91 Å². The molecular formula is C15H26N2O2S. The first-order chi connectivity index (χ1) is 9.47. The summed E-state index contributed by atoms with van der Waals surface area (Å²) >= 11 is 5.27. The van der Waals surface area contributed by atoms with E-state index in [-0.39, 0.29) is 17.9 Å². The summed E-state index contributed by atoms with van der Waals surface area (Å²) in [5.41, 5.74) is 5.34. The van der Waals surface area contributed by atoms with Crippen molar-refractivity contribution in [2.24, 2.45) is 17.1 Å². The molecule has 2 atom stereocenters. The van der Waals surface area contributed by atoms with Crippen molar-refractivity contribution in [1.82, 2.24) is 4.90 Å². The Labute approximate surface area is 126 Å². The first-order valence-electron chi connectivity index (χ1n) is 7.75. The molecule has 3 N–H and O–H groups in total. The average Bonchev–Trinajstić information content (AvgIpc) is 2.67. The Morgan fingerprint density at radius 2 is 1.90 bits per heavy atom. The molecule has 1 amide bonds. The van der Waals surface area contributed by atoms with E-state index in [0.717, 1.165) is 38.5 Å². The quantitative estimate of drug-likeness (QED) is 0.603. The monoisotopic (exact) mass is 298 g/mol. The number of thiocarbonyl (C=S) groups is 1. The molecule has 2 fully saturated rings. The maximum absolute atomic E-state index is 13.0. The highest BCUT2D eigenvalue weighted by Crippen LogP contribution is 2.38. The number of carbonyl (C=O) groups excluding carboxylic acids is 1. The molecule has 114 valence electrons. The number of aliphatic hydroxyl groups is 1. The zero-order valence-electron chi connectivity index (χ0n) is 12.3. The van der Waals surface area contributed by atoms with E-state index in [1.54, 1.807) is 0 Å². The summed E-state index contributed by atoms with van der Waals surface area (Å²) in [5, 5.41) is 9.82. The van der Waals surface area contributed by atoms with Gasteiger partial charge < -0.3 is 15.7 Å². The van der Waals surface area contributed by atoms with Gasteiger partial charge in [-0.15, -0.1) is 0 Å². The Kier molecular flexibility index (Phi) is 5.02. The summed E-state index contributed by atoms with van der Waals surface area (Å²) in [6, 6.07) is 0. The van der Waals surface area contributed by atoms with Gasteiger partial charge in [0.15, 0.2) is 0 Å². The van der Waals surface area contributed by atoms with Crippen LogP contribution in [0.1, 0.15) is 51.9 Å². The molecule has 0 aromatic heterocycles. The van der Waals surface area contributed by atoms with Crippen molar-refractivity contribution in [2.45, 2.75) is 58.0 Å². The number of nitrogens with zero attached hydrogens (tertiary/aromatic N) is 1. The van der Waals surface area contributed by atoms with Gasteiger partial charge in [0, 0.05) is 13.1 Å². The van der Waals surface area contributed by atoms with Crippen LogP contribution >= 0.6 is 12.2 Å². The van der Waals surface area contributed by atoms with Gasteiger partial charge in [0.1, 0.15) is 0 Å². The number of piperidine rings is 1. The van der Waals surface area contributed by atoms with Gasteiger partial charge in [-0.3, -0.25) is 4.79 Å². The number of likely N-dealkylation sites (tertiary alicyclic amines) is 1. The minimum Gasteiger partial charge on any atom is -0.393 e. The molecule has 0 spiro atoms. The topological polar surface area (TPSA) is 66.6 Å². The summed E-state index contributed by atoms with van der Waals surface area (Å²) in [5.74, 6) is 0.229. The Morgan fingerprint density at radius 1 is 1.30 bits per heavy atom. The smallest absolute Gasteiger partial charge is 0.235 e. The first kappa shape index (κ1) is 15.7. The second-order valence-electron chi connectivity index (χ2n) is 6.45. The Hall–Kier alpha value is -0.680. The second kappa shape index (κ2) is 6.39. The SMILES string of the molecule is CC1CN(C(=O)C2(C(N)=S)CCCCCC2)CCC1O. The van der Waals surface area contributed by atoms with Crippen LogP contribution in [0.3, 0.4) is 0 Å². The molecule has 2 aliphatic rings. The van der Waals surface area contributed by atoms with Gasteiger partial charge in [0.05, 0.1) is 16.5 Å². The number of hydrogen-bond donors (Lipinski definition) is 2. The van der Waals surface area contributed by atoms with Crippen LogP contribution in [0, 0.1) is 11.3 Å². The summed E-state index contributed by atoms with van der Waals surface area (Å²) in [6.07, 6.45) is 6.29. The fraction of sp³-hybridized carbons (Fsp3) is 0.867. The summed E-state index contributed by atoms with van der Waals surface area (Å²) in [6.45, 7) is 3.23. The molecule has 5 heteroatoms. The van der Waals surface area contributed by atoms with Gasteiger partial charge in [-0.05, 0) is 25.2 Å².